The summed E-state index contributed by atoms with van der Waals surface area (Å²) in [5, 5.41) is 1.35. The topological polar surface area (TPSA) is 39.2 Å². The summed E-state index contributed by atoms with van der Waals surface area (Å²) in [4.78, 5) is 5.00. The summed E-state index contributed by atoms with van der Waals surface area (Å²) in [7, 11) is -0.722. The quantitative estimate of drug-likeness (QED) is 0.451. The molecule has 0 bridgehead atoms. The third kappa shape index (κ3) is 3.77. The lowest BCUT2D eigenvalue weighted by molar-refractivity contribution is 0.0321. The SMILES string of the molecule is O=S1CCC2(CCc3cc(-c4ccc(Cl)cc4)c(-c4ccccc4Cl)nc3O2)CC1. The van der Waals surface area contributed by atoms with Crippen molar-refractivity contribution in [2.75, 3.05) is 11.5 Å². The Balaban J connectivity index is 1.63. The Bertz CT molecular complexity index is 1120. The zero-order valence-electron chi connectivity index (χ0n) is 16.4. The Morgan fingerprint density at radius 1 is 0.933 bits per heavy atom. The Morgan fingerprint density at radius 2 is 1.67 bits per heavy atom. The summed E-state index contributed by atoms with van der Waals surface area (Å²) >= 11 is 12.7. The number of aryl methyl sites for hydroxylation is 1. The van der Waals surface area contributed by atoms with E-state index in [4.69, 9.17) is 32.9 Å². The fraction of sp³-hybridized carbons (Fsp3) is 0.292. The molecule has 2 aliphatic rings. The second-order valence-electron chi connectivity index (χ2n) is 7.97. The number of nitrogens with zero attached hydrogens (tertiary/aromatic N) is 1. The van der Waals surface area contributed by atoms with Gasteiger partial charge in [0.05, 0.1) is 5.69 Å². The molecule has 0 unspecified atom stereocenters. The van der Waals surface area contributed by atoms with Crippen molar-refractivity contribution < 1.29 is 8.95 Å². The van der Waals surface area contributed by atoms with E-state index < -0.39 is 10.8 Å². The van der Waals surface area contributed by atoms with E-state index in [1.165, 1.54) is 0 Å². The van der Waals surface area contributed by atoms with E-state index in [1.54, 1.807) is 0 Å². The minimum absolute atomic E-state index is 0.243. The highest BCUT2D eigenvalue weighted by Gasteiger charge is 2.40. The van der Waals surface area contributed by atoms with Crippen LogP contribution in [0.4, 0.5) is 0 Å². The van der Waals surface area contributed by atoms with E-state index in [-0.39, 0.29) is 5.60 Å². The molecule has 3 aromatic rings. The van der Waals surface area contributed by atoms with Gasteiger partial charge in [0.2, 0.25) is 5.88 Å². The van der Waals surface area contributed by atoms with E-state index in [0.29, 0.717) is 27.4 Å². The summed E-state index contributed by atoms with van der Waals surface area (Å²) < 4.78 is 18.4. The van der Waals surface area contributed by atoms with Crippen LogP contribution in [-0.2, 0) is 17.2 Å². The first-order valence-electron chi connectivity index (χ1n) is 10.1. The van der Waals surface area contributed by atoms with Gasteiger partial charge in [-0.3, -0.25) is 4.21 Å². The van der Waals surface area contributed by atoms with Gasteiger partial charge in [-0.05, 0) is 55.5 Å². The third-order valence-electron chi connectivity index (χ3n) is 6.08. The lowest BCUT2D eigenvalue weighted by Gasteiger charge is -2.40. The Labute approximate surface area is 188 Å². The summed E-state index contributed by atoms with van der Waals surface area (Å²) in [5.41, 5.74) is 4.60. The molecule has 2 aromatic carbocycles. The molecule has 154 valence electrons. The van der Waals surface area contributed by atoms with Gasteiger partial charge >= 0.3 is 0 Å². The van der Waals surface area contributed by atoms with Gasteiger partial charge in [0, 0.05) is 49.0 Å². The molecule has 1 saturated heterocycles. The van der Waals surface area contributed by atoms with Gasteiger partial charge in [-0.1, -0.05) is 53.5 Å². The van der Waals surface area contributed by atoms with Crippen LogP contribution < -0.4 is 4.74 Å². The molecule has 3 nitrogen and oxygen atoms in total. The Hall–Kier alpha value is -1.88. The molecule has 30 heavy (non-hydrogen) atoms. The molecule has 0 aliphatic carbocycles. The normalized spacial score (nSPS) is 23.1. The zero-order chi connectivity index (χ0) is 20.7. The molecule has 0 atom stereocenters. The highest BCUT2D eigenvalue weighted by Crippen LogP contribution is 2.43. The van der Waals surface area contributed by atoms with Crippen molar-refractivity contribution in [2.45, 2.75) is 31.3 Å². The van der Waals surface area contributed by atoms with Gasteiger partial charge in [-0.2, -0.15) is 0 Å². The summed E-state index contributed by atoms with van der Waals surface area (Å²) in [5.74, 6) is 2.09. The molecular weight excluding hydrogens is 437 g/mol. The molecule has 3 heterocycles. The molecule has 6 heteroatoms. The minimum Gasteiger partial charge on any atom is -0.471 e. The van der Waals surface area contributed by atoms with Crippen LogP contribution in [0.3, 0.4) is 0 Å². The average molecular weight is 458 g/mol. The Kier molecular flexibility index (Phi) is 5.34. The molecule has 1 spiro atoms. The van der Waals surface area contributed by atoms with E-state index in [2.05, 4.69) is 6.07 Å². The number of hydrogen-bond donors (Lipinski definition) is 0. The average Bonchev–Trinajstić information content (AvgIpc) is 2.76. The minimum atomic E-state index is -0.722. The van der Waals surface area contributed by atoms with Crippen LogP contribution in [0.2, 0.25) is 10.0 Å². The monoisotopic (exact) mass is 457 g/mol. The second kappa shape index (κ2) is 7.99. The Morgan fingerprint density at radius 3 is 2.40 bits per heavy atom. The lowest BCUT2D eigenvalue weighted by Crippen LogP contribution is -2.45. The molecule has 0 radical (unpaired) electrons. The number of ether oxygens (including phenoxy) is 1. The van der Waals surface area contributed by atoms with E-state index in [1.807, 2.05) is 48.5 Å². The van der Waals surface area contributed by atoms with Gasteiger partial charge in [0.1, 0.15) is 5.60 Å². The summed E-state index contributed by atoms with van der Waals surface area (Å²) in [6.07, 6.45) is 3.48. The molecule has 5 rings (SSSR count). The van der Waals surface area contributed by atoms with Crippen molar-refractivity contribution in [3.63, 3.8) is 0 Å². The molecule has 1 aromatic heterocycles. The molecule has 2 aliphatic heterocycles. The highest BCUT2D eigenvalue weighted by molar-refractivity contribution is 7.85. The first kappa shape index (κ1) is 20.0. The largest absolute Gasteiger partial charge is 0.471 e. The van der Waals surface area contributed by atoms with Gasteiger partial charge in [0.25, 0.3) is 0 Å². The number of fused-ring (bicyclic) bond motifs is 1. The van der Waals surface area contributed by atoms with Crippen LogP contribution in [0.5, 0.6) is 5.88 Å². The van der Waals surface area contributed by atoms with E-state index in [9.17, 15) is 4.21 Å². The first-order valence-corrected chi connectivity index (χ1v) is 12.4. The van der Waals surface area contributed by atoms with Crippen LogP contribution in [0, 0.1) is 0 Å². The fourth-order valence-electron chi connectivity index (χ4n) is 4.31. The van der Waals surface area contributed by atoms with Crippen LogP contribution in [0.15, 0.2) is 54.6 Å². The molecule has 0 N–H and O–H groups in total. The van der Waals surface area contributed by atoms with Crippen molar-refractivity contribution >= 4 is 34.0 Å². The fourth-order valence-corrected chi connectivity index (χ4v) is 6.07. The van der Waals surface area contributed by atoms with Crippen LogP contribution in [0.1, 0.15) is 24.8 Å². The van der Waals surface area contributed by atoms with Crippen LogP contribution in [-0.4, -0.2) is 26.3 Å². The number of benzene rings is 2. The summed E-state index contributed by atoms with van der Waals surface area (Å²) in [6.45, 7) is 0. The van der Waals surface area contributed by atoms with E-state index >= 15 is 0 Å². The maximum atomic E-state index is 11.9. The standard InChI is InChI=1S/C24H21Cl2NO2S/c25-18-7-5-16(6-8-18)20-15-17-9-10-24(11-13-30(28)14-12-24)29-23(17)27-22(20)19-3-1-2-4-21(19)26/h1-8,15H,9-14H2. The maximum Gasteiger partial charge on any atom is 0.217 e. The lowest BCUT2D eigenvalue weighted by atomic mass is 9.86. The van der Waals surface area contributed by atoms with Crippen molar-refractivity contribution in [3.05, 3.63) is 70.2 Å². The number of rotatable bonds is 2. The molecule has 0 saturated carbocycles. The highest BCUT2D eigenvalue weighted by atomic mass is 35.5. The van der Waals surface area contributed by atoms with Gasteiger partial charge in [-0.15, -0.1) is 0 Å². The van der Waals surface area contributed by atoms with Gasteiger partial charge < -0.3 is 4.74 Å². The van der Waals surface area contributed by atoms with Crippen molar-refractivity contribution in [2.24, 2.45) is 0 Å². The third-order valence-corrected chi connectivity index (χ3v) is 7.98. The smallest absolute Gasteiger partial charge is 0.217 e. The maximum absolute atomic E-state index is 11.9. The van der Waals surface area contributed by atoms with Crippen LogP contribution >= 0.6 is 23.2 Å². The number of aromatic nitrogens is 1. The van der Waals surface area contributed by atoms with Gasteiger partial charge in [0.15, 0.2) is 0 Å². The number of hydrogen-bond acceptors (Lipinski definition) is 3. The van der Waals surface area contributed by atoms with Crippen LogP contribution in [0.25, 0.3) is 22.4 Å². The van der Waals surface area contributed by atoms with E-state index in [0.717, 1.165) is 53.6 Å². The van der Waals surface area contributed by atoms with Gasteiger partial charge in [-0.25, -0.2) is 4.98 Å². The number of pyridine rings is 1. The summed E-state index contributed by atoms with van der Waals surface area (Å²) in [6, 6.07) is 17.7. The molecular formula is C24H21Cl2NO2S. The molecule has 0 amide bonds. The van der Waals surface area contributed by atoms with Crippen molar-refractivity contribution in [3.8, 4) is 28.3 Å². The predicted molar refractivity (Wildman–Crippen MR) is 124 cm³/mol. The van der Waals surface area contributed by atoms with Crippen molar-refractivity contribution in [1.82, 2.24) is 4.98 Å². The second-order valence-corrected chi connectivity index (χ2v) is 10.5. The van der Waals surface area contributed by atoms with Crippen molar-refractivity contribution in [1.29, 1.82) is 0 Å². The number of halogens is 2. The zero-order valence-corrected chi connectivity index (χ0v) is 18.7. The molecule has 1 fully saturated rings. The predicted octanol–water partition coefficient (Wildman–Crippen LogP) is 6.33. The first-order chi connectivity index (χ1) is 14.5.